The first-order valence-corrected chi connectivity index (χ1v) is 10.5. The first-order valence-electron chi connectivity index (χ1n) is 10.5. The molecule has 0 aromatic heterocycles. The molecular weight excluding hydrogens is 462 g/mol. The van der Waals surface area contributed by atoms with Gasteiger partial charge in [-0.3, -0.25) is 4.79 Å². The lowest BCUT2D eigenvalue weighted by Gasteiger charge is -2.21. The van der Waals surface area contributed by atoms with E-state index < -0.39 is 48.1 Å². The van der Waals surface area contributed by atoms with Crippen molar-refractivity contribution in [3.8, 4) is 0 Å². The van der Waals surface area contributed by atoms with Crippen molar-refractivity contribution in [2.45, 2.75) is 38.5 Å². The fourth-order valence-corrected chi connectivity index (χ4v) is 2.50. The van der Waals surface area contributed by atoms with Gasteiger partial charge in [-0.05, 0) is 30.2 Å². The summed E-state index contributed by atoms with van der Waals surface area (Å²) in [6.07, 6.45) is -3.62. The number of hydrogen-bond acceptors (Lipinski definition) is 8. The molecule has 0 aliphatic rings. The molecule has 2 aromatic rings. The van der Waals surface area contributed by atoms with E-state index in [1.165, 1.54) is 48.5 Å². The van der Waals surface area contributed by atoms with E-state index >= 15 is 0 Å². The van der Waals surface area contributed by atoms with Crippen molar-refractivity contribution < 1.29 is 48.8 Å². The summed E-state index contributed by atoms with van der Waals surface area (Å²) in [7, 11) is 0. The van der Waals surface area contributed by atoms with Gasteiger partial charge in [-0.15, -0.1) is 0 Å². The summed E-state index contributed by atoms with van der Waals surface area (Å²) >= 11 is 0. The summed E-state index contributed by atoms with van der Waals surface area (Å²) in [6.45, 7) is 3.76. The van der Waals surface area contributed by atoms with Crippen molar-refractivity contribution in [3.05, 3.63) is 71.8 Å². The lowest BCUT2D eigenvalue weighted by atomic mass is 10.0. The third-order valence-corrected chi connectivity index (χ3v) is 4.79. The summed E-state index contributed by atoms with van der Waals surface area (Å²) in [4.78, 5) is 57.0. The second kappa shape index (κ2) is 14.1. The van der Waals surface area contributed by atoms with Crippen molar-refractivity contribution >= 4 is 29.8 Å². The van der Waals surface area contributed by atoms with Crippen LogP contribution in [0.4, 0.5) is 0 Å². The van der Waals surface area contributed by atoms with Crippen LogP contribution in [0.5, 0.6) is 0 Å². The molecule has 0 fully saturated rings. The highest BCUT2D eigenvalue weighted by molar-refractivity contribution is 5.95. The normalized spacial score (nSPS) is 13.6. The molecule has 0 heterocycles. The molecule has 2 rings (SSSR count). The Hall–Kier alpha value is -4.25. The van der Waals surface area contributed by atoms with Gasteiger partial charge < -0.3 is 30.5 Å². The van der Waals surface area contributed by atoms with Gasteiger partial charge in [0.15, 0.2) is 0 Å². The van der Waals surface area contributed by atoms with Crippen molar-refractivity contribution in [2.24, 2.45) is 11.7 Å². The lowest BCUT2D eigenvalue weighted by Crippen LogP contribution is -2.45. The monoisotopic (exact) mass is 489 g/mol. The van der Waals surface area contributed by atoms with E-state index in [4.69, 9.17) is 20.3 Å². The predicted molar refractivity (Wildman–Crippen MR) is 122 cm³/mol. The number of carbonyl (C=O) groups is 5. The molecule has 4 atom stereocenters. The van der Waals surface area contributed by atoms with Crippen LogP contribution in [0.3, 0.4) is 0 Å². The molecule has 0 bridgehead atoms. The molecule has 11 nitrogen and oxygen atoms in total. The minimum atomic E-state index is -2.21. The van der Waals surface area contributed by atoms with Gasteiger partial charge in [-0.2, -0.15) is 0 Å². The molecule has 0 saturated carbocycles. The van der Waals surface area contributed by atoms with Crippen LogP contribution in [-0.4, -0.2) is 63.4 Å². The van der Waals surface area contributed by atoms with Crippen molar-refractivity contribution in [1.82, 2.24) is 0 Å². The van der Waals surface area contributed by atoms with E-state index in [0.29, 0.717) is 0 Å². The second-order valence-electron chi connectivity index (χ2n) is 7.31. The summed E-state index contributed by atoms with van der Waals surface area (Å²) in [6, 6.07) is 14.1. The van der Waals surface area contributed by atoms with Gasteiger partial charge in [0, 0.05) is 0 Å². The number of nitrogens with two attached hydrogens (primary N) is 1. The Bertz CT molecular complexity index is 940. The third kappa shape index (κ3) is 9.26. The molecular formula is C24H27NO10. The zero-order valence-electron chi connectivity index (χ0n) is 19.1. The van der Waals surface area contributed by atoms with Gasteiger partial charge in [-0.1, -0.05) is 56.7 Å². The number of aliphatic carboxylic acids is 3. The predicted octanol–water partition coefficient (Wildman–Crippen LogP) is 2.05. The van der Waals surface area contributed by atoms with Crippen molar-refractivity contribution in [2.75, 3.05) is 0 Å². The van der Waals surface area contributed by atoms with Crippen LogP contribution in [-0.2, 0) is 23.9 Å². The standard InChI is InChI=1S/C18H14O8.C6H13NO2/c19-15(20)13(25-17(23)11-7-3-1-4-8-11)14(16(21)22)26-18(24)12-9-5-2-6-10-12;1-3-4(2)5(7)6(8)9/h1-10,13-14H,(H,19,20)(H,21,22);4-5H,3,7H2,1-2H3,(H,8,9)/t13-,14-;4-,5+/m00/s1. The van der Waals surface area contributed by atoms with Crippen molar-refractivity contribution in [1.29, 1.82) is 0 Å². The van der Waals surface area contributed by atoms with Crippen LogP contribution in [0.25, 0.3) is 0 Å². The molecule has 0 unspecified atom stereocenters. The smallest absolute Gasteiger partial charge is 0.349 e. The SMILES string of the molecule is CC[C@H](C)[C@@H](N)C(=O)O.O=C(O[C@H](C(=O)O)[C@H](OC(=O)c1ccccc1)C(=O)O)c1ccccc1. The molecule has 0 saturated heterocycles. The van der Waals surface area contributed by atoms with Crippen molar-refractivity contribution in [3.63, 3.8) is 0 Å². The molecule has 0 aliphatic carbocycles. The van der Waals surface area contributed by atoms with Gasteiger partial charge in [0.1, 0.15) is 6.04 Å². The maximum Gasteiger partial charge on any atom is 0.349 e. The Balaban J connectivity index is 0.000000579. The van der Waals surface area contributed by atoms with Gasteiger partial charge in [0.2, 0.25) is 12.2 Å². The third-order valence-electron chi connectivity index (χ3n) is 4.79. The van der Waals surface area contributed by atoms with E-state index in [2.05, 4.69) is 0 Å². The molecule has 11 heteroatoms. The van der Waals surface area contributed by atoms with E-state index in [1.807, 2.05) is 13.8 Å². The van der Waals surface area contributed by atoms with E-state index in [1.54, 1.807) is 12.1 Å². The highest BCUT2D eigenvalue weighted by atomic mass is 16.6. The van der Waals surface area contributed by atoms with Gasteiger partial charge in [-0.25, -0.2) is 19.2 Å². The fraction of sp³-hybridized carbons (Fsp3) is 0.292. The summed E-state index contributed by atoms with van der Waals surface area (Å²) in [5.41, 5.74) is 5.32. The summed E-state index contributed by atoms with van der Waals surface area (Å²) in [5, 5.41) is 26.8. The number of hydrogen-bond donors (Lipinski definition) is 4. The number of ether oxygens (including phenoxy) is 2. The Kier molecular flexibility index (Phi) is 11.6. The number of carboxylic acids is 3. The minimum absolute atomic E-state index is 0.0253. The topological polar surface area (TPSA) is 191 Å². The second-order valence-corrected chi connectivity index (χ2v) is 7.31. The van der Waals surface area contributed by atoms with Gasteiger partial charge in [0.05, 0.1) is 11.1 Å². The highest BCUT2D eigenvalue weighted by Gasteiger charge is 2.41. The van der Waals surface area contributed by atoms with Crippen LogP contribution < -0.4 is 5.73 Å². The molecule has 35 heavy (non-hydrogen) atoms. The molecule has 5 N–H and O–H groups in total. The van der Waals surface area contributed by atoms with Crippen LogP contribution in [0.2, 0.25) is 0 Å². The minimum Gasteiger partial charge on any atom is -0.480 e. The maximum atomic E-state index is 12.0. The molecule has 2 aromatic carbocycles. The van der Waals surface area contributed by atoms with E-state index in [0.717, 1.165) is 6.42 Å². The van der Waals surface area contributed by atoms with Crippen LogP contribution in [0.15, 0.2) is 60.7 Å². The molecule has 0 radical (unpaired) electrons. The quantitative estimate of drug-likeness (QED) is 0.357. The summed E-state index contributed by atoms with van der Waals surface area (Å²) in [5.74, 6) is -6.48. The lowest BCUT2D eigenvalue weighted by molar-refractivity contribution is -0.166. The Morgan fingerprint density at radius 1 is 0.714 bits per heavy atom. The number of benzene rings is 2. The molecule has 188 valence electrons. The van der Waals surface area contributed by atoms with Gasteiger partial charge >= 0.3 is 29.8 Å². The number of carboxylic acid groups (broad SMARTS) is 3. The summed E-state index contributed by atoms with van der Waals surface area (Å²) < 4.78 is 9.52. The highest BCUT2D eigenvalue weighted by Crippen LogP contribution is 2.13. The maximum absolute atomic E-state index is 12.0. The largest absolute Gasteiger partial charge is 0.480 e. The number of carbonyl (C=O) groups excluding carboxylic acids is 2. The van der Waals surface area contributed by atoms with E-state index in [-0.39, 0.29) is 17.0 Å². The fourth-order valence-electron chi connectivity index (χ4n) is 2.50. The first-order chi connectivity index (χ1) is 16.5. The molecule has 0 spiro atoms. The van der Waals surface area contributed by atoms with Crippen LogP contribution in [0, 0.1) is 5.92 Å². The Morgan fingerprint density at radius 3 is 1.29 bits per heavy atom. The zero-order chi connectivity index (χ0) is 26.5. The molecule has 0 aliphatic heterocycles. The van der Waals surface area contributed by atoms with Crippen LogP contribution >= 0.6 is 0 Å². The first kappa shape index (κ1) is 28.8. The Morgan fingerprint density at radius 2 is 1.06 bits per heavy atom. The Labute approximate surface area is 201 Å². The number of rotatable bonds is 10. The molecule has 0 amide bonds. The average molecular weight is 489 g/mol. The average Bonchev–Trinajstić information content (AvgIpc) is 2.85. The zero-order valence-corrected chi connectivity index (χ0v) is 19.1. The van der Waals surface area contributed by atoms with Crippen LogP contribution in [0.1, 0.15) is 41.0 Å². The number of esters is 2. The van der Waals surface area contributed by atoms with Gasteiger partial charge in [0.25, 0.3) is 0 Å². The van der Waals surface area contributed by atoms with E-state index in [9.17, 15) is 34.2 Å².